The molecule has 0 radical (unpaired) electrons. The molecule has 0 unspecified atom stereocenters. The van der Waals surface area contributed by atoms with E-state index in [9.17, 15) is 19.0 Å². The van der Waals surface area contributed by atoms with E-state index in [0.717, 1.165) is 11.3 Å². The molecule has 20 heavy (non-hydrogen) atoms. The van der Waals surface area contributed by atoms with Gasteiger partial charge in [-0.15, -0.1) is 0 Å². The Hall–Kier alpha value is -1.95. The third-order valence-corrected chi connectivity index (χ3v) is 3.34. The number of halogens is 2. The molecule has 0 saturated heterocycles. The van der Waals surface area contributed by atoms with Crippen LogP contribution in [0.25, 0.3) is 0 Å². The van der Waals surface area contributed by atoms with Crippen LogP contribution in [0.3, 0.4) is 0 Å². The lowest BCUT2D eigenvalue weighted by Crippen LogP contribution is -1.98. The van der Waals surface area contributed by atoms with Gasteiger partial charge in [-0.1, -0.05) is 17.8 Å². The molecule has 0 heterocycles. The van der Waals surface area contributed by atoms with Crippen molar-refractivity contribution in [1.29, 1.82) is 0 Å². The summed E-state index contributed by atoms with van der Waals surface area (Å²) in [6, 6.07) is 11.2. The Bertz CT molecular complexity index is 576. The minimum atomic E-state index is -2.42. The van der Waals surface area contributed by atoms with Crippen molar-refractivity contribution < 1.29 is 19.0 Å². The number of hydrogen-bond donors (Lipinski definition) is 3. The molecule has 0 aliphatic rings. The van der Waals surface area contributed by atoms with Crippen LogP contribution in [-0.2, 0) is 6.54 Å². The quantitative estimate of drug-likeness (QED) is 0.576. The molecule has 6 heteroatoms. The minimum absolute atomic E-state index is 0.165. The van der Waals surface area contributed by atoms with E-state index >= 15 is 0 Å². The number of anilines is 1. The molecule has 0 spiro atoms. The summed E-state index contributed by atoms with van der Waals surface area (Å²) in [5.41, 5.74) is 1.59. The number of nitrogens with one attached hydrogen (secondary N) is 1. The Morgan fingerprint density at radius 1 is 1.00 bits per heavy atom. The minimum Gasteiger partial charge on any atom is -0.504 e. The highest BCUT2D eigenvalue weighted by Crippen LogP contribution is 2.27. The van der Waals surface area contributed by atoms with Gasteiger partial charge in [0.2, 0.25) is 0 Å². The van der Waals surface area contributed by atoms with Crippen molar-refractivity contribution in [3.05, 3.63) is 48.0 Å². The Morgan fingerprint density at radius 3 is 2.30 bits per heavy atom. The molecular formula is C14H13F2NO2S. The molecule has 2 aromatic rings. The van der Waals surface area contributed by atoms with Crippen molar-refractivity contribution in [2.75, 3.05) is 5.32 Å². The lowest BCUT2D eigenvalue weighted by molar-refractivity contribution is 0.252. The van der Waals surface area contributed by atoms with E-state index in [0.29, 0.717) is 23.2 Å². The molecular weight excluding hydrogens is 284 g/mol. The van der Waals surface area contributed by atoms with Crippen LogP contribution in [0.2, 0.25) is 0 Å². The number of hydrogen-bond acceptors (Lipinski definition) is 4. The number of aromatic hydroxyl groups is 2. The van der Waals surface area contributed by atoms with Gasteiger partial charge < -0.3 is 15.5 Å². The van der Waals surface area contributed by atoms with Gasteiger partial charge in [0.25, 0.3) is 5.76 Å². The van der Waals surface area contributed by atoms with Crippen LogP contribution >= 0.6 is 11.8 Å². The van der Waals surface area contributed by atoms with Gasteiger partial charge in [0, 0.05) is 17.1 Å². The lowest BCUT2D eigenvalue weighted by atomic mass is 10.2. The Morgan fingerprint density at radius 2 is 1.70 bits per heavy atom. The van der Waals surface area contributed by atoms with Crippen LogP contribution in [0.5, 0.6) is 11.5 Å². The van der Waals surface area contributed by atoms with Crippen LogP contribution in [0.1, 0.15) is 5.56 Å². The fourth-order valence-corrected chi connectivity index (χ4v) is 2.14. The van der Waals surface area contributed by atoms with Crippen molar-refractivity contribution in [2.24, 2.45) is 0 Å². The Balaban J connectivity index is 1.95. The average Bonchev–Trinajstić information content (AvgIpc) is 2.41. The average molecular weight is 297 g/mol. The maximum absolute atomic E-state index is 12.2. The highest BCUT2D eigenvalue weighted by atomic mass is 32.2. The van der Waals surface area contributed by atoms with E-state index in [2.05, 4.69) is 5.32 Å². The normalized spacial score (nSPS) is 10.8. The predicted molar refractivity (Wildman–Crippen MR) is 75.4 cm³/mol. The first-order chi connectivity index (χ1) is 9.54. The highest BCUT2D eigenvalue weighted by molar-refractivity contribution is 7.99. The molecule has 3 N–H and O–H groups in total. The van der Waals surface area contributed by atoms with Crippen LogP contribution in [0, 0.1) is 0 Å². The van der Waals surface area contributed by atoms with E-state index in [-0.39, 0.29) is 11.5 Å². The van der Waals surface area contributed by atoms with Gasteiger partial charge in [-0.3, -0.25) is 0 Å². The topological polar surface area (TPSA) is 52.5 Å². The second-order valence-electron chi connectivity index (χ2n) is 4.08. The van der Waals surface area contributed by atoms with Crippen LogP contribution in [0.4, 0.5) is 14.5 Å². The molecule has 0 aliphatic carbocycles. The third kappa shape index (κ3) is 4.03. The summed E-state index contributed by atoms with van der Waals surface area (Å²) >= 11 is 0.503. The summed E-state index contributed by atoms with van der Waals surface area (Å²) in [6.07, 6.45) is 0. The molecule has 2 rings (SSSR count). The molecule has 0 saturated carbocycles. The van der Waals surface area contributed by atoms with Crippen molar-refractivity contribution in [2.45, 2.75) is 17.2 Å². The zero-order chi connectivity index (χ0) is 14.5. The SMILES string of the molecule is Oc1ccc(CNc2ccc(SC(F)F)cc2)cc1O. The highest BCUT2D eigenvalue weighted by Gasteiger charge is 2.05. The maximum atomic E-state index is 12.2. The van der Waals surface area contributed by atoms with Gasteiger partial charge in [-0.2, -0.15) is 8.78 Å². The number of phenols is 2. The van der Waals surface area contributed by atoms with E-state index in [1.165, 1.54) is 12.1 Å². The zero-order valence-corrected chi connectivity index (χ0v) is 11.2. The first kappa shape index (κ1) is 14.5. The summed E-state index contributed by atoms with van der Waals surface area (Å²) in [7, 11) is 0. The fraction of sp³-hybridized carbons (Fsp3) is 0.143. The number of rotatable bonds is 5. The molecule has 0 aromatic heterocycles. The van der Waals surface area contributed by atoms with Crippen LogP contribution in [0.15, 0.2) is 47.4 Å². The first-order valence-electron chi connectivity index (χ1n) is 5.84. The fourth-order valence-electron chi connectivity index (χ4n) is 1.64. The molecule has 3 nitrogen and oxygen atoms in total. The van der Waals surface area contributed by atoms with Gasteiger partial charge >= 0.3 is 0 Å². The number of thioether (sulfide) groups is 1. The number of phenolic OH excluding ortho intramolecular Hbond substituents is 2. The van der Waals surface area contributed by atoms with Crippen LogP contribution in [-0.4, -0.2) is 16.0 Å². The molecule has 106 valence electrons. The standard InChI is InChI=1S/C14H13F2NO2S/c15-14(16)20-11-4-2-10(3-5-11)17-8-9-1-6-12(18)13(19)7-9/h1-7,14,17-19H,8H2. The number of alkyl halides is 2. The van der Waals surface area contributed by atoms with Crippen molar-refractivity contribution in [3.63, 3.8) is 0 Å². The van der Waals surface area contributed by atoms with Crippen LogP contribution < -0.4 is 5.32 Å². The van der Waals surface area contributed by atoms with Gasteiger partial charge in [0.15, 0.2) is 11.5 Å². The second-order valence-corrected chi connectivity index (χ2v) is 5.14. The largest absolute Gasteiger partial charge is 0.504 e. The van der Waals surface area contributed by atoms with Gasteiger partial charge in [0.05, 0.1) is 0 Å². The summed E-state index contributed by atoms with van der Waals surface area (Å²) in [5.74, 6) is -2.76. The van der Waals surface area contributed by atoms with E-state index in [1.54, 1.807) is 30.3 Å². The number of benzene rings is 2. The lowest BCUT2D eigenvalue weighted by Gasteiger charge is -2.08. The molecule has 0 fully saturated rings. The Labute approximate surface area is 119 Å². The van der Waals surface area contributed by atoms with Crippen molar-refractivity contribution in [3.8, 4) is 11.5 Å². The zero-order valence-electron chi connectivity index (χ0n) is 10.4. The molecule has 0 aliphatic heterocycles. The molecule has 0 atom stereocenters. The summed E-state index contributed by atoms with van der Waals surface area (Å²) in [5, 5.41) is 21.7. The smallest absolute Gasteiger partial charge is 0.288 e. The predicted octanol–water partition coefficient (Wildman–Crippen LogP) is 4.02. The summed E-state index contributed by atoms with van der Waals surface area (Å²) in [6.45, 7) is 0.454. The van der Waals surface area contributed by atoms with Crippen molar-refractivity contribution >= 4 is 17.4 Å². The molecule has 2 aromatic carbocycles. The third-order valence-electron chi connectivity index (χ3n) is 2.62. The Kier molecular flexibility index (Phi) is 4.68. The monoisotopic (exact) mass is 297 g/mol. The molecule has 0 amide bonds. The van der Waals surface area contributed by atoms with E-state index in [1.807, 2.05) is 0 Å². The second kappa shape index (κ2) is 6.47. The maximum Gasteiger partial charge on any atom is 0.288 e. The summed E-state index contributed by atoms with van der Waals surface area (Å²) in [4.78, 5) is 0.507. The van der Waals surface area contributed by atoms with Gasteiger partial charge in [0.1, 0.15) is 0 Å². The van der Waals surface area contributed by atoms with E-state index < -0.39 is 5.76 Å². The van der Waals surface area contributed by atoms with Gasteiger partial charge in [-0.05, 0) is 42.0 Å². The van der Waals surface area contributed by atoms with E-state index in [4.69, 9.17) is 0 Å². The molecule has 0 bridgehead atoms. The first-order valence-corrected chi connectivity index (χ1v) is 6.72. The van der Waals surface area contributed by atoms with Gasteiger partial charge in [-0.25, -0.2) is 0 Å². The van der Waals surface area contributed by atoms with Crippen molar-refractivity contribution in [1.82, 2.24) is 0 Å². The summed E-state index contributed by atoms with van der Waals surface area (Å²) < 4.78 is 24.3.